The summed E-state index contributed by atoms with van der Waals surface area (Å²) in [6, 6.07) is 27.6. The molecule has 0 aliphatic carbocycles. The number of halogens is 1. The number of nitro groups is 1. The first-order valence-corrected chi connectivity index (χ1v) is 21.4. The lowest BCUT2D eigenvalue weighted by Gasteiger charge is -2.31. The third-order valence-electron chi connectivity index (χ3n) is 11.0. The molecule has 1 spiro atoms. The molecule has 15 heteroatoms. The number of carbonyl (C=O) groups is 2. The van der Waals surface area contributed by atoms with E-state index in [1.54, 1.807) is 86.5 Å². The third-order valence-corrected chi connectivity index (χ3v) is 13.4. The second kappa shape index (κ2) is 15.4. The standard InChI is InChI=1S/C41H43FN6O7Si/c1-26-38(56(3,4)42)37(19-20-46-24-35(44-45-46)33(25-49)28-10-6-5-7-11-28)55-41(26)34-22-31(48(52)53)15-18-36(34)47(40(41)51)23-27-9-8-12-30(21-27)43-39(50)29-13-16-32(54-2)17-14-29/h5-18,21-22,24,26,33,37-38,49H,19-20,23,25H2,1-4H3,(H,43,50)/t26-,33?,37+,38-,41+/m0/s1. The van der Waals surface area contributed by atoms with Gasteiger partial charge in [-0.25, -0.2) is 0 Å². The van der Waals surface area contributed by atoms with Crippen molar-refractivity contribution in [2.24, 2.45) is 5.92 Å². The van der Waals surface area contributed by atoms with Crippen LogP contribution in [0.2, 0.25) is 18.6 Å². The maximum atomic E-state index is 16.5. The minimum atomic E-state index is -3.54. The fourth-order valence-electron chi connectivity index (χ4n) is 8.35. The monoisotopic (exact) mass is 778 g/mol. The van der Waals surface area contributed by atoms with E-state index in [1.165, 1.54) is 17.0 Å². The van der Waals surface area contributed by atoms with Crippen molar-refractivity contribution in [3.63, 3.8) is 0 Å². The van der Waals surface area contributed by atoms with Gasteiger partial charge in [-0.05, 0) is 73.1 Å². The number of fused-ring (bicyclic) bond motifs is 2. The van der Waals surface area contributed by atoms with Crippen LogP contribution in [0, 0.1) is 16.0 Å². The summed E-state index contributed by atoms with van der Waals surface area (Å²) >= 11 is 0. The number of nitrogens with zero attached hydrogens (tertiary/aromatic N) is 5. The smallest absolute Gasteiger partial charge is 0.269 e. The number of hydrogen-bond acceptors (Lipinski definition) is 9. The molecule has 2 amide bonds. The number of ether oxygens (including phenoxy) is 2. The van der Waals surface area contributed by atoms with Crippen molar-refractivity contribution in [2.75, 3.05) is 23.9 Å². The summed E-state index contributed by atoms with van der Waals surface area (Å²) in [6.07, 6.45) is 1.33. The molecule has 0 bridgehead atoms. The first-order valence-electron chi connectivity index (χ1n) is 18.4. The predicted octanol–water partition coefficient (Wildman–Crippen LogP) is 6.98. The molecule has 56 heavy (non-hydrogen) atoms. The summed E-state index contributed by atoms with van der Waals surface area (Å²) in [5.74, 6) is -1.18. The number of hydrogen-bond donors (Lipinski definition) is 2. The fraction of sp³-hybridized carbons (Fsp3) is 0.317. The predicted molar refractivity (Wildman–Crippen MR) is 210 cm³/mol. The molecule has 3 heterocycles. The zero-order valence-corrected chi connectivity index (χ0v) is 32.5. The van der Waals surface area contributed by atoms with Crippen LogP contribution in [0.25, 0.3) is 0 Å². The summed E-state index contributed by atoms with van der Waals surface area (Å²) in [5.41, 5.74) is 1.34. The van der Waals surface area contributed by atoms with Gasteiger partial charge >= 0.3 is 0 Å². The number of methoxy groups -OCH3 is 1. The molecular weight excluding hydrogens is 736 g/mol. The van der Waals surface area contributed by atoms with E-state index < -0.39 is 42.4 Å². The maximum absolute atomic E-state index is 16.5. The summed E-state index contributed by atoms with van der Waals surface area (Å²) in [6.45, 7) is 5.20. The van der Waals surface area contributed by atoms with Crippen molar-refractivity contribution in [1.29, 1.82) is 0 Å². The number of amides is 2. The van der Waals surface area contributed by atoms with Crippen LogP contribution in [0.4, 0.5) is 21.2 Å². The van der Waals surface area contributed by atoms with Gasteiger partial charge in [0.1, 0.15) is 5.75 Å². The van der Waals surface area contributed by atoms with Gasteiger partial charge < -0.3 is 28.9 Å². The highest BCUT2D eigenvalue weighted by molar-refractivity contribution is 6.72. The number of aromatic nitrogens is 3. The van der Waals surface area contributed by atoms with E-state index in [1.807, 2.05) is 36.4 Å². The highest BCUT2D eigenvalue weighted by Crippen LogP contribution is 2.60. The van der Waals surface area contributed by atoms with Crippen LogP contribution >= 0.6 is 0 Å². The van der Waals surface area contributed by atoms with Crippen LogP contribution < -0.4 is 15.0 Å². The van der Waals surface area contributed by atoms with Gasteiger partial charge in [0, 0.05) is 53.1 Å². The van der Waals surface area contributed by atoms with Gasteiger partial charge in [0.25, 0.3) is 17.5 Å². The van der Waals surface area contributed by atoms with E-state index in [-0.39, 0.29) is 30.7 Å². The van der Waals surface area contributed by atoms with Crippen LogP contribution in [0.1, 0.15) is 52.0 Å². The highest BCUT2D eigenvalue weighted by Gasteiger charge is 2.67. The minimum absolute atomic E-state index is 0.0642. The van der Waals surface area contributed by atoms with Gasteiger partial charge in [-0.3, -0.25) is 24.4 Å². The number of non-ortho nitro benzene ring substituents is 1. The van der Waals surface area contributed by atoms with Crippen molar-refractivity contribution in [3.8, 4) is 5.75 Å². The van der Waals surface area contributed by atoms with Gasteiger partial charge in [0.2, 0.25) is 8.41 Å². The Morgan fingerprint density at radius 2 is 1.84 bits per heavy atom. The highest BCUT2D eigenvalue weighted by atomic mass is 28.4. The Labute approximate surface area is 324 Å². The number of anilines is 2. The number of benzene rings is 4. The number of aliphatic hydroxyl groups is 1. The van der Waals surface area contributed by atoms with Crippen LogP contribution in [0.15, 0.2) is 103 Å². The third kappa shape index (κ3) is 7.20. The molecule has 0 saturated carbocycles. The van der Waals surface area contributed by atoms with Crippen molar-refractivity contribution < 1.29 is 33.2 Å². The van der Waals surface area contributed by atoms with E-state index >= 15 is 4.11 Å². The van der Waals surface area contributed by atoms with Gasteiger partial charge in [-0.15, -0.1) is 5.10 Å². The van der Waals surface area contributed by atoms with E-state index in [9.17, 15) is 24.8 Å². The van der Waals surface area contributed by atoms with Crippen LogP contribution in [-0.4, -0.2) is 65.1 Å². The lowest BCUT2D eigenvalue weighted by atomic mass is 9.82. The SMILES string of the molecule is COc1ccc(C(=O)Nc2cccc(CN3C(=O)[C@]4(O[C@H](CCn5cc(C(CO)c6ccccc6)nn5)[C@@H]([Si](C)(C)F)[C@@H]4C)c4cc([N+](=O)[O-])ccc43)c2)cc1. The van der Waals surface area contributed by atoms with E-state index in [4.69, 9.17) is 9.47 Å². The summed E-state index contributed by atoms with van der Waals surface area (Å²) in [5, 5.41) is 33.7. The average molecular weight is 779 g/mol. The molecular formula is C41H43FN6O7Si. The summed E-state index contributed by atoms with van der Waals surface area (Å²) < 4.78 is 30.1. The Hall–Kier alpha value is -5.77. The second-order valence-electron chi connectivity index (χ2n) is 14.8. The van der Waals surface area contributed by atoms with Crippen molar-refractivity contribution in [1.82, 2.24) is 15.0 Å². The average Bonchev–Trinajstić information content (AvgIpc) is 3.84. The van der Waals surface area contributed by atoms with Crippen molar-refractivity contribution >= 4 is 37.3 Å². The largest absolute Gasteiger partial charge is 0.497 e. The van der Waals surface area contributed by atoms with Gasteiger partial charge in [-0.1, -0.05) is 54.6 Å². The minimum Gasteiger partial charge on any atom is -0.497 e. The Morgan fingerprint density at radius 3 is 2.52 bits per heavy atom. The molecule has 4 aromatic carbocycles. The topological polar surface area (TPSA) is 162 Å². The zero-order valence-electron chi connectivity index (χ0n) is 31.5. The zero-order chi connectivity index (χ0) is 39.8. The lowest BCUT2D eigenvalue weighted by molar-refractivity contribution is -0.385. The molecule has 0 radical (unpaired) electrons. The quantitative estimate of drug-likeness (QED) is 0.0556. The lowest BCUT2D eigenvalue weighted by Crippen LogP contribution is -2.45. The van der Waals surface area contributed by atoms with Gasteiger partial charge in [-0.2, -0.15) is 0 Å². The molecule has 2 aliphatic rings. The Balaban J connectivity index is 1.17. The van der Waals surface area contributed by atoms with E-state index in [0.717, 1.165) is 5.56 Å². The molecule has 1 unspecified atom stereocenters. The van der Waals surface area contributed by atoms with E-state index in [0.29, 0.717) is 52.5 Å². The Morgan fingerprint density at radius 1 is 1.09 bits per heavy atom. The van der Waals surface area contributed by atoms with Crippen LogP contribution in [-0.2, 0) is 28.2 Å². The number of aryl methyl sites for hydroxylation is 1. The van der Waals surface area contributed by atoms with Crippen molar-refractivity contribution in [3.05, 3.63) is 141 Å². The molecule has 2 aliphatic heterocycles. The summed E-state index contributed by atoms with van der Waals surface area (Å²) in [4.78, 5) is 41.0. The fourth-order valence-corrected chi connectivity index (χ4v) is 10.9. The first kappa shape index (κ1) is 38.5. The first-order chi connectivity index (χ1) is 26.8. The Kier molecular flexibility index (Phi) is 10.6. The maximum Gasteiger partial charge on any atom is 0.269 e. The Bertz CT molecular complexity index is 2250. The van der Waals surface area contributed by atoms with Crippen LogP contribution in [0.3, 0.4) is 0 Å². The molecule has 1 aromatic heterocycles. The van der Waals surface area contributed by atoms with Crippen LogP contribution in [0.5, 0.6) is 5.75 Å². The normalized spacial score (nSPS) is 20.9. The molecule has 1 saturated heterocycles. The van der Waals surface area contributed by atoms with Crippen molar-refractivity contribution in [2.45, 2.75) is 62.7 Å². The molecule has 2 N–H and O–H groups in total. The molecule has 5 aromatic rings. The van der Waals surface area contributed by atoms with E-state index in [2.05, 4.69) is 15.6 Å². The molecule has 7 rings (SSSR count). The number of aliphatic hydroxyl groups excluding tert-OH is 1. The summed E-state index contributed by atoms with van der Waals surface area (Å²) in [7, 11) is -1.99. The molecule has 1 fully saturated rings. The number of carbonyl (C=O) groups excluding carboxylic acids is 2. The van der Waals surface area contributed by atoms with Gasteiger partial charge in [0.05, 0.1) is 48.6 Å². The molecule has 5 atom stereocenters. The van der Waals surface area contributed by atoms with Gasteiger partial charge in [0.15, 0.2) is 5.60 Å². The second-order valence-corrected chi connectivity index (χ2v) is 18.6. The number of rotatable bonds is 13. The number of nitro benzene ring substituents is 1. The number of nitrogens with one attached hydrogen (secondary N) is 1. The molecule has 290 valence electrons. The molecule has 13 nitrogen and oxygen atoms in total.